The Morgan fingerprint density at radius 3 is 2.38 bits per heavy atom. The first-order valence-electron chi connectivity index (χ1n) is 3.74. The fraction of sp³-hybridized carbons (Fsp3) is 0. The Morgan fingerprint density at radius 1 is 1.00 bits per heavy atom. The number of halogens is 1. The van der Waals surface area contributed by atoms with Gasteiger partial charge >= 0.3 is 0 Å². The van der Waals surface area contributed by atoms with Gasteiger partial charge < -0.3 is 0 Å². The summed E-state index contributed by atoms with van der Waals surface area (Å²) in [5.41, 5.74) is 1.88. The smallest absolute Gasteiger partial charge is 0.124 e. The molecule has 0 saturated heterocycles. The van der Waals surface area contributed by atoms with Gasteiger partial charge in [-0.2, -0.15) is 0 Å². The molecule has 13 heavy (non-hydrogen) atoms. The highest BCUT2D eigenvalue weighted by Crippen LogP contribution is 2.14. The van der Waals surface area contributed by atoms with Crippen molar-refractivity contribution in [1.82, 2.24) is 15.0 Å². The largest absolute Gasteiger partial charge is 0.265 e. The highest BCUT2D eigenvalue weighted by Gasteiger charge is 1.97. The molecule has 0 bridgehead atoms. The summed E-state index contributed by atoms with van der Waals surface area (Å²) in [5.74, 6) is 0. The van der Waals surface area contributed by atoms with Crippen LogP contribution in [-0.4, -0.2) is 15.0 Å². The quantitative estimate of drug-likeness (QED) is 0.762. The minimum absolute atomic E-state index is 0.741. The van der Waals surface area contributed by atoms with Crippen molar-refractivity contribution in [3.8, 4) is 11.3 Å². The molecule has 0 radical (unpaired) electrons. The Kier molecular flexibility index (Phi) is 2.31. The molecule has 2 heterocycles. The predicted octanol–water partition coefficient (Wildman–Crippen LogP) is 2.30. The Bertz CT molecular complexity index is 385. The molecule has 0 aliphatic carbocycles. The van der Waals surface area contributed by atoms with Crippen LogP contribution >= 0.6 is 15.9 Å². The third-order valence-electron chi connectivity index (χ3n) is 1.60. The molecule has 0 aliphatic heterocycles. The lowest BCUT2D eigenvalue weighted by atomic mass is 10.2. The lowest BCUT2D eigenvalue weighted by Gasteiger charge is -1.97. The van der Waals surface area contributed by atoms with Gasteiger partial charge in [0.1, 0.15) is 4.60 Å². The zero-order valence-electron chi connectivity index (χ0n) is 6.68. The molecule has 3 nitrogen and oxygen atoms in total. The maximum atomic E-state index is 4.21. The first kappa shape index (κ1) is 8.31. The van der Waals surface area contributed by atoms with Crippen LogP contribution in [0.4, 0.5) is 0 Å². The van der Waals surface area contributed by atoms with E-state index in [1.807, 2.05) is 12.1 Å². The molecule has 64 valence electrons. The molecule has 0 aliphatic rings. The van der Waals surface area contributed by atoms with Crippen LogP contribution in [0.25, 0.3) is 11.3 Å². The van der Waals surface area contributed by atoms with Gasteiger partial charge in [-0.15, -0.1) is 0 Å². The van der Waals surface area contributed by atoms with Crippen molar-refractivity contribution in [1.29, 1.82) is 0 Å². The number of nitrogens with zero attached hydrogens (tertiary/aromatic N) is 3. The molecule has 0 fully saturated rings. The summed E-state index contributed by atoms with van der Waals surface area (Å²) in [6.07, 6.45) is 6.87. The van der Waals surface area contributed by atoms with Gasteiger partial charge in [0.25, 0.3) is 0 Å². The number of pyridine rings is 1. The summed E-state index contributed by atoms with van der Waals surface area (Å²) < 4.78 is 0.741. The average Bonchev–Trinajstić information content (AvgIpc) is 2.20. The van der Waals surface area contributed by atoms with Crippen LogP contribution in [0, 0.1) is 0 Å². The second-order valence-corrected chi connectivity index (χ2v) is 3.27. The lowest BCUT2D eigenvalue weighted by Crippen LogP contribution is -1.85. The van der Waals surface area contributed by atoms with Crippen molar-refractivity contribution in [2.45, 2.75) is 0 Å². The molecule has 0 amide bonds. The maximum Gasteiger partial charge on any atom is 0.124 e. The van der Waals surface area contributed by atoms with E-state index in [9.17, 15) is 0 Å². The normalized spacial score (nSPS) is 9.92. The zero-order valence-corrected chi connectivity index (χ0v) is 8.27. The van der Waals surface area contributed by atoms with Crippen LogP contribution < -0.4 is 0 Å². The van der Waals surface area contributed by atoms with E-state index in [0.29, 0.717) is 0 Å². The molecule has 0 aromatic carbocycles. The van der Waals surface area contributed by atoms with Gasteiger partial charge in [-0.05, 0) is 28.1 Å². The van der Waals surface area contributed by atoms with Crippen molar-refractivity contribution < 1.29 is 0 Å². The molecular formula is C9H6BrN3. The lowest BCUT2D eigenvalue weighted by molar-refractivity contribution is 1.17. The van der Waals surface area contributed by atoms with Crippen molar-refractivity contribution in [3.63, 3.8) is 0 Å². The minimum atomic E-state index is 0.741. The summed E-state index contributed by atoms with van der Waals surface area (Å²) in [6, 6.07) is 3.80. The second-order valence-electron chi connectivity index (χ2n) is 2.46. The summed E-state index contributed by atoms with van der Waals surface area (Å²) in [5, 5.41) is 0. The van der Waals surface area contributed by atoms with Crippen LogP contribution in [0.1, 0.15) is 0 Å². The van der Waals surface area contributed by atoms with Crippen molar-refractivity contribution >= 4 is 15.9 Å². The van der Waals surface area contributed by atoms with Gasteiger partial charge in [0.2, 0.25) is 0 Å². The Balaban J connectivity index is 2.42. The molecule has 0 N–H and O–H groups in total. The van der Waals surface area contributed by atoms with Crippen LogP contribution in [0.15, 0.2) is 41.5 Å². The van der Waals surface area contributed by atoms with E-state index in [-0.39, 0.29) is 0 Å². The second kappa shape index (κ2) is 3.62. The van der Waals surface area contributed by atoms with E-state index in [0.717, 1.165) is 15.9 Å². The molecular weight excluding hydrogens is 230 g/mol. The highest BCUT2D eigenvalue weighted by molar-refractivity contribution is 9.10. The molecule has 0 spiro atoms. The van der Waals surface area contributed by atoms with Crippen LogP contribution in [0.5, 0.6) is 0 Å². The fourth-order valence-corrected chi connectivity index (χ4v) is 1.19. The van der Waals surface area contributed by atoms with E-state index >= 15 is 0 Å². The van der Waals surface area contributed by atoms with Crippen molar-refractivity contribution in [2.24, 2.45) is 0 Å². The third-order valence-corrected chi connectivity index (χ3v) is 2.01. The summed E-state index contributed by atoms with van der Waals surface area (Å²) in [6.45, 7) is 0. The zero-order chi connectivity index (χ0) is 9.10. The van der Waals surface area contributed by atoms with E-state index in [1.165, 1.54) is 0 Å². The van der Waals surface area contributed by atoms with E-state index in [4.69, 9.17) is 0 Å². The summed E-state index contributed by atoms with van der Waals surface area (Å²) in [7, 11) is 0. The van der Waals surface area contributed by atoms with Gasteiger partial charge in [0.15, 0.2) is 0 Å². The van der Waals surface area contributed by atoms with Crippen LogP contribution in [0.3, 0.4) is 0 Å². The fourth-order valence-electron chi connectivity index (χ4n) is 0.984. The van der Waals surface area contributed by atoms with Crippen molar-refractivity contribution in [3.05, 3.63) is 41.5 Å². The van der Waals surface area contributed by atoms with E-state index < -0.39 is 0 Å². The topological polar surface area (TPSA) is 38.7 Å². The first-order valence-corrected chi connectivity index (χ1v) is 4.53. The molecule has 2 aromatic rings. The third kappa shape index (κ3) is 1.89. The maximum absolute atomic E-state index is 4.21. The van der Waals surface area contributed by atoms with Gasteiger partial charge in [-0.3, -0.25) is 9.97 Å². The monoisotopic (exact) mass is 235 g/mol. The van der Waals surface area contributed by atoms with Gasteiger partial charge in [0, 0.05) is 18.0 Å². The molecule has 2 rings (SSSR count). The highest BCUT2D eigenvalue weighted by atomic mass is 79.9. The van der Waals surface area contributed by atoms with E-state index in [1.54, 1.807) is 24.8 Å². The minimum Gasteiger partial charge on any atom is -0.265 e. The molecule has 0 unspecified atom stereocenters. The Morgan fingerprint density at radius 2 is 1.77 bits per heavy atom. The van der Waals surface area contributed by atoms with Gasteiger partial charge in [-0.25, -0.2) is 4.98 Å². The first-order chi connectivity index (χ1) is 6.36. The van der Waals surface area contributed by atoms with Crippen molar-refractivity contribution in [2.75, 3.05) is 0 Å². The average molecular weight is 236 g/mol. The predicted molar refractivity (Wildman–Crippen MR) is 53.0 cm³/mol. The van der Waals surface area contributed by atoms with Crippen LogP contribution in [-0.2, 0) is 0 Å². The van der Waals surface area contributed by atoms with Gasteiger partial charge in [-0.1, -0.05) is 0 Å². The van der Waals surface area contributed by atoms with Crippen LogP contribution in [0.2, 0.25) is 0 Å². The molecule has 2 aromatic heterocycles. The molecule has 0 saturated carbocycles. The summed E-state index contributed by atoms with van der Waals surface area (Å²) in [4.78, 5) is 12.2. The number of rotatable bonds is 1. The Labute approximate surface area is 84.0 Å². The number of hydrogen-bond acceptors (Lipinski definition) is 3. The Hall–Kier alpha value is -1.29. The standard InChI is InChI=1S/C9H6BrN3/c10-9-6-12-8(5-13-9)7-1-3-11-4-2-7/h1-6H. The summed E-state index contributed by atoms with van der Waals surface area (Å²) >= 11 is 3.23. The SMILES string of the molecule is Brc1cnc(-c2ccncc2)cn1. The molecule has 0 atom stereocenters. The number of hydrogen-bond donors (Lipinski definition) is 0. The number of aromatic nitrogens is 3. The van der Waals surface area contributed by atoms with E-state index in [2.05, 4.69) is 30.9 Å². The molecule has 4 heteroatoms. The van der Waals surface area contributed by atoms with Gasteiger partial charge in [0.05, 0.1) is 18.1 Å².